The van der Waals surface area contributed by atoms with E-state index in [4.69, 9.17) is 4.74 Å². The van der Waals surface area contributed by atoms with Crippen LogP contribution < -0.4 is 4.74 Å². The van der Waals surface area contributed by atoms with Gasteiger partial charge in [-0.25, -0.2) is 17.8 Å². The number of benzene rings is 1. The van der Waals surface area contributed by atoms with Gasteiger partial charge < -0.3 is 4.74 Å². The van der Waals surface area contributed by atoms with Crippen LogP contribution in [0.15, 0.2) is 48.7 Å². The minimum Gasteiger partial charge on any atom is -0.477 e. The molecule has 1 spiro atoms. The molecule has 1 aromatic heterocycles. The molecule has 0 bridgehead atoms. The Morgan fingerprint density at radius 1 is 1.23 bits per heavy atom. The molecule has 3 heterocycles. The van der Waals surface area contributed by atoms with Crippen LogP contribution in [0.3, 0.4) is 0 Å². The van der Waals surface area contributed by atoms with Crippen LogP contribution in [0.25, 0.3) is 0 Å². The summed E-state index contributed by atoms with van der Waals surface area (Å²) in [7, 11) is -3.15. The van der Waals surface area contributed by atoms with E-state index >= 15 is 0 Å². The zero-order valence-electron chi connectivity index (χ0n) is 14.3. The van der Waals surface area contributed by atoms with E-state index < -0.39 is 14.6 Å². The van der Waals surface area contributed by atoms with Crippen molar-refractivity contribution in [3.8, 4) is 5.88 Å². The number of halogens is 1. The summed E-state index contributed by atoms with van der Waals surface area (Å²) in [5.74, 6) is 0.408. The molecule has 0 aliphatic carbocycles. The second-order valence-corrected chi connectivity index (χ2v) is 9.57. The van der Waals surface area contributed by atoms with Crippen molar-refractivity contribution in [3.63, 3.8) is 0 Å². The molecular formula is C19H21FN2O3S. The minimum atomic E-state index is -3.15. The van der Waals surface area contributed by atoms with Gasteiger partial charge in [-0.2, -0.15) is 0 Å². The zero-order valence-corrected chi connectivity index (χ0v) is 15.2. The van der Waals surface area contributed by atoms with Crippen LogP contribution in [0.4, 0.5) is 4.39 Å². The number of pyridine rings is 1. The number of nitrogens with zero attached hydrogens (tertiary/aromatic N) is 2. The summed E-state index contributed by atoms with van der Waals surface area (Å²) < 4.78 is 43.7. The van der Waals surface area contributed by atoms with E-state index in [-0.39, 0.29) is 17.5 Å². The number of ether oxygens (including phenoxy) is 1. The van der Waals surface area contributed by atoms with Crippen LogP contribution in [0.5, 0.6) is 5.88 Å². The lowest BCUT2D eigenvalue weighted by molar-refractivity contribution is 0.0581. The third-order valence-electron chi connectivity index (χ3n) is 5.45. The summed E-state index contributed by atoms with van der Waals surface area (Å²) in [6.45, 7) is 1.86. The van der Waals surface area contributed by atoms with Crippen LogP contribution in [0.2, 0.25) is 0 Å². The molecule has 1 unspecified atom stereocenters. The molecular weight excluding hydrogens is 355 g/mol. The molecule has 2 aliphatic heterocycles. The summed E-state index contributed by atoms with van der Waals surface area (Å²) >= 11 is 0. The van der Waals surface area contributed by atoms with Gasteiger partial charge in [0.25, 0.3) is 0 Å². The van der Waals surface area contributed by atoms with Crippen molar-refractivity contribution in [1.29, 1.82) is 0 Å². The summed E-state index contributed by atoms with van der Waals surface area (Å²) in [6, 6.07) is 11.9. The van der Waals surface area contributed by atoms with E-state index in [1.54, 1.807) is 18.3 Å². The highest BCUT2D eigenvalue weighted by molar-refractivity contribution is 7.93. The van der Waals surface area contributed by atoms with Crippen molar-refractivity contribution in [2.45, 2.75) is 17.7 Å². The predicted octanol–water partition coefficient (Wildman–Crippen LogP) is 2.29. The Kier molecular flexibility index (Phi) is 4.44. The van der Waals surface area contributed by atoms with Gasteiger partial charge in [0, 0.05) is 37.8 Å². The molecule has 5 nitrogen and oxygen atoms in total. The van der Waals surface area contributed by atoms with Gasteiger partial charge in [0.1, 0.15) is 10.6 Å². The number of rotatable bonds is 5. The Labute approximate surface area is 152 Å². The molecule has 7 heteroatoms. The maximum atomic E-state index is 13.3. The van der Waals surface area contributed by atoms with Crippen molar-refractivity contribution in [3.05, 3.63) is 60.0 Å². The fraction of sp³-hybridized carbons (Fsp3) is 0.421. The highest BCUT2D eigenvalue weighted by Crippen LogP contribution is 2.45. The normalized spacial score (nSPS) is 23.7. The Hall–Kier alpha value is -1.99. The molecule has 4 rings (SSSR count). The molecule has 0 amide bonds. The summed E-state index contributed by atoms with van der Waals surface area (Å²) in [5, 5.41) is 0. The van der Waals surface area contributed by atoms with Crippen LogP contribution in [0.1, 0.15) is 12.0 Å². The predicted molar refractivity (Wildman–Crippen MR) is 96.0 cm³/mol. The van der Waals surface area contributed by atoms with Crippen molar-refractivity contribution in [2.24, 2.45) is 5.92 Å². The quantitative estimate of drug-likeness (QED) is 0.801. The van der Waals surface area contributed by atoms with Crippen molar-refractivity contribution in [2.75, 3.05) is 25.4 Å². The third-order valence-corrected chi connectivity index (χ3v) is 8.05. The number of hydrogen-bond donors (Lipinski definition) is 0. The summed E-state index contributed by atoms with van der Waals surface area (Å²) in [5.41, 5.74) is 0.858. The lowest BCUT2D eigenvalue weighted by Crippen LogP contribution is -2.67. The largest absolute Gasteiger partial charge is 0.477 e. The van der Waals surface area contributed by atoms with Gasteiger partial charge in [0.05, 0.1) is 12.4 Å². The van der Waals surface area contributed by atoms with Crippen LogP contribution in [-0.2, 0) is 16.4 Å². The maximum absolute atomic E-state index is 13.3. The van der Waals surface area contributed by atoms with Gasteiger partial charge in [-0.05, 0) is 30.2 Å². The SMILES string of the molecule is O=S1(=O)CCC(COc2ccccn2)C12CN(Cc1cccc(F)c1)C2. The molecule has 1 atom stereocenters. The molecule has 1 aromatic carbocycles. The van der Waals surface area contributed by atoms with E-state index in [2.05, 4.69) is 9.88 Å². The van der Waals surface area contributed by atoms with Crippen LogP contribution >= 0.6 is 0 Å². The monoisotopic (exact) mass is 376 g/mol. The third kappa shape index (κ3) is 3.10. The topological polar surface area (TPSA) is 59.5 Å². The highest BCUT2D eigenvalue weighted by atomic mass is 32.2. The van der Waals surface area contributed by atoms with Crippen molar-refractivity contribution < 1.29 is 17.5 Å². The molecule has 2 fully saturated rings. The Balaban J connectivity index is 1.43. The van der Waals surface area contributed by atoms with Crippen molar-refractivity contribution in [1.82, 2.24) is 9.88 Å². The van der Waals surface area contributed by atoms with Gasteiger partial charge in [0.15, 0.2) is 9.84 Å². The standard InChI is InChI=1S/C19H21FN2O3S/c20-17-5-3-4-15(10-17)11-22-13-19(14-22)16(7-9-26(19,23)24)12-25-18-6-1-2-8-21-18/h1-6,8,10,16H,7,9,11-14H2. The number of hydrogen-bond acceptors (Lipinski definition) is 5. The molecule has 2 saturated heterocycles. The molecule has 0 saturated carbocycles. The number of aromatic nitrogens is 1. The van der Waals surface area contributed by atoms with E-state index in [1.165, 1.54) is 12.1 Å². The van der Waals surface area contributed by atoms with E-state index in [9.17, 15) is 12.8 Å². The van der Waals surface area contributed by atoms with E-state index in [0.717, 1.165) is 5.56 Å². The molecule has 138 valence electrons. The fourth-order valence-electron chi connectivity index (χ4n) is 4.04. The smallest absolute Gasteiger partial charge is 0.213 e. The lowest BCUT2D eigenvalue weighted by Gasteiger charge is -2.50. The molecule has 2 aliphatic rings. The first-order chi connectivity index (χ1) is 12.5. The number of sulfone groups is 1. The Bertz CT molecular complexity index is 883. The van der Waals surface area contributed by atoms with Gasteiger partial charge in [-0.15, -0.1) is 0 Å². The molecule has 2 aromatic rings. The fourth-order valence-corrected chi connectivity index (χ4v) is 6.50. The van der Waals surface area contributed by atoms with Crippen LogP contribution in [0, 0.1) is 11.7 Å². The van der Waals surface area contributed by atoms with Gasteiger partial charge in [-0.3, -0.25) is 4.90 Å². The minimum absolute atomic E-state index is 0.0433. The zero-order chi connectivity index (χ0) is 18.2. The van der Waals surface area contributed by atoms with Gasteiger partial charge in [0.2, 0.25) is 5.88 Å². The van der Waals surface area contributed by atoms with Gasteiger partial charge >= 0.3 is 0 Å². The average molecular weight is 376 g/mol. The lowest BCUT2D eigenvalue weighted by atomic mass is 9.83. The summed E-state index contributed by atoms with van der Waals surface area (Å²) in [6.07, 6.45) is 2.27. The second kappa shape index (κ2) is 6.63. The average Bonchev–Trinajstić information content (AvgIpc) is 2.85. The maximum Gasteiger partial charge on any atom is 0.213 e. The highest BCUT2D eigenvalue weighted by Gasteiger charge is 2.61. The first-order valence-corrected chi connectivity index (χ1v) is 10.4. The Morgan fingerprint density at radius 2 is 2.08 bits per heavy atom. The molecule has 26 heavy (non-hydrogen) atoms. The van der Waals surface area contributed by atoms with E-state index in [0.29, 0.717) is 38.5 Å². The second-order valence-electron chi connectivity index (χ2n) is 7.12. The molecule has 0 radical (unpaired) electrons. The van der Waals surface area contributed by atoms with E-state index in [1.807, 2.05) is 18.2 Å². The summed E-state index contributed by atoms with van der Waals surface area (Å²) in [4.78, 5) is 6.19. The first kappa shape index (κ1) is 17.4. The first-order valence-electron chi connectivity index (χ1n) is 8.71. The van der Waals surface area contributed by atoms with Crippen molar-refractivity contribution >= 4 is 9.84 Å². The van der Waals surface area contributed by atoms with Gasteiger partial charge in [-0.1, -0.05) is 18.2 Å². The Morgan fingerprint density at radius 3 is 2.81 bits per heavy atom. The number of likely N-dealkylation sites (tertiary alicyclic amines) is 1. The molecule has 0 N–H and O–H groups in total. The van der Waals surface area contributed by atoms with Crippen LogP contribution in [-0.4, -0.2) is 48.5 Å².